The Kier molecular flexibility index (Phi) is 4.50. The van der Waals surface area contributed by atoms with E-state index in [2.05, 4.69) is 15.3 Å². The number of anilines is 1. The van der Waals surface area contributed by atoms with Crippen molar-refractivity contribution in [2.45, 2.75) is 39.0 Å². The Morgan fingerprint density at radius 1 is 1.39 bits per heavy atom. The van der Waals surface area contributed by atoms with Crippen molar-refractivity contribution in [3.05, 3.63) is 17.6 Å². The summed E-state index contributed by atoms with van der Waals surface area (Å²) in [4.78, 5) is 19.8. The first-order valence-electron chi connectivity index (χ1n) is 6.53. The van der Waals surface area contributed by atoms with E-state index in [1.54, 1.807) is 6.33 Å². The van der Waals surface area contributed by atoms with Crippen molar-refractivity contribution in [3.63, 3.8) is 0 Å². The van der Waals surface area contributed by atoms with Crippen molar-refractivity contribution < 1.29 is 9.53 Å². The molecule has 5 heteroatoms. The van der Waals surface area contributed by atoms with E-state index in [1.165, 1.54) is 18.4 Å². The smallest absolute Gasteiger partial charge is 0.307 e. The van der Waals surface area contributed by atoms with Crippen LogP contribution < -0.4 is 5.32 Å². The van der Waals surface area contributed by atoms with Gasteiger partial charge in [0.25, 0.3) is 0 Å². The van der Waals surface area contributed by atoms with E-state index in [0.29, 0.717) is 19.6 Å². The third-order valence-electron chi connectivity index (χ3n) is 3.05. The van der Waals surface area contributed by atoms with Gasteiger partial charge in [0.15, 0.2) is 0 Å². The Labute approximate surface area is 107 Å². The van der Waals surface area contributed by atoms with E-state index < -0.39 is 0 Å². The number of hydrogen-bond acceptors (Lipinski definition) is 5. The van der Waals surface area contributed by atoms with Crippen LogP contribution in [0.2, 0.25) is 0 Å². The van der Waals surface area contributed by atoms with Crippen LogP contribution in [-0.2, 0) is 22.4 Å². The fourth-order valence-corrected chi connectivity index (χ4v) is 2.19. The highest BCUT2D eigenvalue weighted by Crippen LogP contribution is 2.24. The van der Waals surface area contributed by atoms with E-state index in [0.717, 1.165) is 24.4 Å². The Bertz CT molecular complexity index is 421. The molecule has 0 amide bonds. The van der Waals surface area contributed by atoms with E-state index in [-0.39, 0.29) is 5.97 Å². The summed E-state index contributed by atoms with van der Waals surface area (Å²) in [5.74, 6) is 0.705. The lowest BCUT2D eigenvalue weighted by Crippen LogP contribution is -2.15. The van der Waals surface area contributed by atoms with E-state index in [4.69, 9.17) is 4.74 Å². The van der Waals surface area contributed by atoms with Crippen molar-refractivity contribution in [2.24, 2.45) is 0 Å². The van der Waals surface area contributed by atoms with Crippen molar-refractivity contribution >= 4 is 11.8 Å². The molecule has 0 radical (unpaired) electrons. The molecule has 5 nitrogen and oxygen atoms in total. The Morgan fingerprint density at radius 3 is 3.06 bits per heavy atom. The number of nitrogens with zero attached hydrogens (tertiary/aromatic N) is 2. The third kappa shape index (κ3) is 3.18. The zero-order valence-corrected chi connectivity index (χ0v) is 10.7. The Morgan fingerprint density at radius 2 is 2.22 bits per heavy atom. The minimum absolute atomic E-state index is 0.173. The molecular formula is C13H19N3O2. The van der Waals surface area contributed by atoms with Crippen LogP contribution >= 0.6 is 0 Å². The van der Waals surface area contributed by atoms with Gasteiger partial charge >= 0.3 is 5.97 Å². The minimum atomic E-state index is -0.173. The average Bonchev–Trinajstić information content (AvgIpc) is 2.39. The van der Waals surface area contributed by atoms with Gasteiger partial charge in [-0.2, -0.15) is 0 Å². The number of ether oxygens (including phenoxy) is 1. The first-order valence-corrected chi connectivity index (χ1v) is 6.53. The van der Waals surface area contributed by atoms with Crippen LogP contribution in [0.15, 0.2) is 6.33 Å². The number of rotatable bonds is 5. The third-order valence-corrected chi connectivity index (χ3v) is 3.05. The van der Waals surface area contributed by atoms with E-state index >= 15 is 0 Å². The number of nitrogens with one attached hydrogen (secondary N) is 1. The second-order valence-electron chi connectivity index (χ2n) is 4.34. The summed E-state index contributed by atoms with van der Waals surface area (Å²) in [5, 5.41) is 3.21. The van der Waals surface area contributed by atoms with Crippen molar-refractivity contribution in [3.8, 4) is 0 Å². The van der Waals surface area contributed by atoms with Crippen LogP contribution in [-0.4, -0.2) is 29.1 Å². The standard InChI is InChI=1S/C13H19N3O2/c1-2-18-12(17)7-8-14-13-10-5-3-4-6-11(10)15-9-16-13/h9H,2-8H2,1H3,(H,14,15,16). The van der Waals surface area contributed by atoms with Crippen LogP contribution in [0.3, 0.4) is 0 Å². The van der Waals surface area contributed by atoms with Crippen LogP contribution in [0.4, 0.5) is 5.82 Å². The largest absolute Gasteiger partial charge is 0.466 e. The quantitative estimate of drug-likeness (QED) is 0.805. The van der Waals surface area contributed by atoms with Crippen LogP contribution in [0.5, 0.6) is 0 Å². The lowest BCUT2D eigenvalue weighted by Gasteiger charge is -2.17. The highest BCUT2D eigenvalue weighted by atomic mass is 16.5. The number of hydrogen-bond donors (Lipinski definition) is 1. The monoisotopic (exact) mass is 249 g/mol. The first-order chi connectivity index (χ1) is 8.81. The maximum absolute atomic E-state index is 11.2. The molecule has 1 heterocycles. The number of carbonyl (C=O) groups excluding carboxylic acids is 1. The maximum atomic E-state index is 11.2. The van der Waals surface area contributed by atoms with E-state index in [1.807, 2.05) is 6.92 Å². The molecule has 1 N–H and O–H groups in total. The summed E-state index contributed by atoms with van der Waals surface area (Å²) in [6.45, 7) is 2.80. The molecule has 0 saturated carbocycles. The molecule has 0 unspecified atom stereocenters. The van der Waals surface area contributed by atoms with Gasteiger partial charge in [-0.1, -0.05) is 0 Å². The number of aryl methyl sites for hydroxylation is 1. The SMILES string of the molecule is CCOC(=O)CCNc1ncnc2c1CCCC2. The van der Waals surface area contributed by atoms with Gasteiger partial charge in [0.2, 0.25) is 0 Å². The topological polar surface area (TPSA) is 64.1 Å². The predicted octanol–water partition coefficient (Wildman–Crippen LogP) is 1.72. The maximum Gasteiger partial charge on any atom is 0.307 e. The molecule has 0 spiro atoms. The first kappa shape index (κ1) is 12.8. The number of fused-ring (bicyclic) bond motifs is 1. The molecule has 1 aromatic heterocycles. The summed E-state index contributed by atoms with van der Waals surface area (Å²) < 4.78 is 4.88. The molecule has 0 fully saturated rings. The van der Waals surface area contributed by atoms with Gasteiger partial charge in [0.05, 0.1) is 13.0 Å². The summed E-state index contributed by atoms with van der Waals surface area (Å²) >= 11 is 0. The van der Waals surface area contributed by atoms with Gasteiger partial charge in [-0.25, -0.2) is 9.97 Å². The second kappa shape index (κ2) is 6.33. The lowest BCUT2D eigenvalue weighted by atomic mass is 9.96. The van der Waals surface area contributed by atoms with Crippen molar-refractivity contribution in [2.75, 3.05) is 18.5 Å². The molecule has 2 rings (SSSR count). The molecule has 0 aromatic carbocycles. The molecule has 1 aliphatic rings. The molecule has 0 aliphatic heterocycles. The number of carbonyl (C=O) groups is 1. The summed E-state index contributed by atoms with van der Waals surface area (Å²) in [7, 11) is 0. The Hall–Kier alpha value is -1.65. The summed E-state index contributed by atoms with van der Waals surface area (Å²) in [5.41, 5.74) is 2.36. The lowest BCUT2D eigenvalue weighted by molar-refractivity contribution is -0.142. The summed E-state index contributed by atoms with van der Waals surface area (Å²) in [6.07, 6.45) is 6.41. The fraction of sp³-hybridized carbons (Fsp3) is 0.615. The van der Waals surface area contributed by atoms with Crippen LogP contribution in [0, 0.1) is 0 Å². The zero-order valence-electron chi connectivity index (χ0n) is 10.7. The highest BCUT2D eigenvalue weighted by Gasteiger charge is 2.15. The molecule has 0 saturated heterocycles. The second-order valence-corrected chi connectivity index (χ2v) is 4.34. The van der Waals surface area contributed by atoms with Crippen LogP contribution in [0.25, 0.3) is 0 Å². The van der Waals surface area contributed by atoms with Gasteiger partial charge in [-0.15, -0.1) is 0 Å². The van der Waals surface area contributed by atoms with Gasteiger partial charge in [0, 0.05) is 17.8 Å². The van der Waals surface area contributed by atoms with Crippen molar-refractivity contribution in [1.82, 2.24) is 9.97 Å². The molecular weight excluding hydrogens is 230 g/mol. The van der Waals surface area contributed by atoms with Gasteiger partial charge in [0.1, 0.15) is 12.1 Å². The number of esters is 1. The predicted molar refractivity (Wildman–Crippen MR) is 68.4 cm³/mol. The normalized spacial score (nSPS) is 13.8. The molecule has 1 aliphatic carbocycles. The summed E-state index contributed by atoms with van der Waals surface area (Å²) in [6, 6.07) is 0. The molecule has 1 aromatic rings. The van der Waals surface area contributed by atoms with Gasteiger partial charge in [-0.3, -0.25) is 4.79 Å². The minimum Gasteiger partial charge on any atom is -0.466 e. The van der Waals surface area contributed by atoms with E-state index in [9.17, 15) is 4.79 Å². The molecule has 18 heavy (non-hydrogen) atoms. The zero-order chi connectivity index (χ0) is 12.8. The average molecular weight is 249 g/mol. The highest BCUT2D eigenvalue weighted by molar-refractivity contribution is 5.70. The fourth-order valence-electron chi connectivity index (χ4n) is 2.19. The molecule has 98 valence electrons. The van der Waals surface area contributed by atoms with Gasteiger partial charge < -0.3 is 10.1 Å². The molecule has 0 bridgehead atoms. The van der Waals surface area contributed by atoms with Crippen LogP contribution in [0.1, 0.15) is 37.4 Å². The number of aromatic nitrogens is 2. The van der Waals surface area contributed by atoms with Gasteiger partial charge in [-0.05, 0) is 32.6 Å². The molecule has 0 atom stereocenters. The van der Waals surface area contributed by atoms with Crippen molar-refractivity contribution in [1.29, 1.82) is 0 Å². The Balaban J connectivity index is 1.91.